The zero-order valence-electron chi connectivity index (χ0n) is 11.5. The van der Waals surface area contributed by atoms with Crippen LogP contribution in [-0.4, -0.2) is 30.6 Å². The van der Waals surface area contributed by atoms with Gasteiger partial charge in [0.05, 0.1) is 5.56 Å². The van der Waals surface area contributed by atoms with Crippen molar-refractivity contribution < 1.29 is 9.53 Å². The summed E-state index contributed by atoms with van der Waals surface area (Å²) in [5.74, 6) is -0.0218. The highest BCUT2D eigenvalue weighted by atomic mass is 16.5. The molecular weight excluding hydrogens is 240 g/mol. The number of carbonyl (C=O) groups excluding carboxylic acids is 1. The lowest BCUT2D eigenvalue weighted by Gasteiger charge is -2.05. The maximum absolute atomic E-state index is 12.2. The number of para-hydroxylation sites is 1. The van der Waals surface area contributed by atoms with Crippen molar-refractivity contribution in [3.63, 3.8) is 0 Å². The third kappa shape index (κ3) is 3.15. The van der Waals surface area contributed by atoms with E-state index in [1.54, 1.807) is 0 Å². The maximum Gasteiger partial charge on any atom is 0.253 e. The van der Waals surface area contributed by atoms with Crippen LogP contribution < -0.4 is 5.32 Å². The van der Waals surface area contributed by atoms with E-state index in [4.69, 9.17) is 4.74 Å². The molecule has 1 amide bonds. The number of carbonyl (C=O) groups is 1. The van der Waals surface area contributed by atoms with Gasteiger partial charge in [-0.15, -0.1) is 0 Å². The number of aromatic nitrogens is 1. The zero-order valence-corrected chi connectivity index (χ0v) is 11.5. The molecule has 0 saturated carbocycles. The topological polar surface area (TPSA) is 54.1 Å². The second-order valence-electron chi connectivity index (χ2n) is 4.48. The van der Waals surface area contributed by atoms with Gasteiger partial charge in [0.25, 0.3) is 5.91 Å². The molecule has 0 spiro atoms. The second kappa shape index (κ2) is 6.38. The van der Waals surface area contributed by atoms with Gasteiger partial charge in [-0.3, -0.25) is 4.79 Å². The summed E-state index contributed by atoms with van der Waals surface area (Å²) in [6.07, 6.45) is 0.834. The lowest BCUT2D eigenvalue weighted by molar-refractivity contribution is 0.0945. The normalized spacial score (nSPS) is 10.8. The lowest BCUT2D eigenvalue weighted by atomic mass is 10.1. The van der Waals surface area contributed by atoms with E-state index in [1.807, 2.05) is 38.1 Å². The molecule has 0 saturated heterocycles. The van der Waals surface area contributed by atoms with Crippen LogP contribution in [0.1, 0.15) is 29.4 Å². The first-order chi connectivity index (χ1) is 9.24. The minimum atomic E-state index is -0.0218. The number of aromatic amines is 1. The van der Waals surface area contributed by atoms with Gasteiger partial charge >= 0.3 is 0 Å². The summed E-state index contributed by atoms with van der Waals surface area (Å²) in [5, 5.41) is 3.91. The van der Waals surface area contributed by atoms with Gasteiger partial charge in [0, 0.05) is 36.4 Å². The average Bonchev–Trinajstić information content (AvgIpc) is 2.74. The van der Waals surface area contributed by atoms with Gasteiger partial charge in [0.2, 0.25) is 0 Å². The molecule has 4 heteroatoms. The number of hydrogen-bond acceptors (Lipinski definition) is 2. The molecule has 2 rings (SSSR count). The van der Waals surface area contributed by atoms with Crippen LogP contribution in [0.4, 0.5) is 0 Å². The fourth-order valence-corrected chi connectivity index (χ4v) is 2.18. The van der Waals surface area contributed by atoms with Crippen molar-refractivity contribution in [3.8, 4) is 0 Å². The maximum atomic E-state index is 12.2. The van der Waals surface area contributed by atoms with E-state index < -0.39 is 0 Å². The molecule has 0 fully saturated rings. The van der Waals surface area contributed by atoms with Crippen LogP contribution in [0.25, 0.3) is 10.9 Å². The fourth-order valence-electron chi connectivity index (χ4n) is 2.18. The minimum Gasteiger partial charge on any atom is -0.382 e. The summed E-state index contributed by atoms with van der Waals surface area (Å²) >= 11 is 0. The van der Waals surface area contributed by atoms with Crippen molar-refractivity contribution in [1.82, 2.24) is 10.3 Å². The Labute approximate surface area is 113 Å². The van der Waals surface area contributed by atoms with Gasteiger partial charge in [0.1, 0.15) is 0 Å². The van der Waals surface area contributed by atoms with Gasteiger partial charge in [0.15, 0.2) is 0 Å². The summed E-state index contributed by atoms with van der Waals surface area (Å²) < 4.78 is 5.24. The van der Waals surface area contributed by atoms with E-state index in [2.05, 4.69) is 10.3 Å². The molecule has 2 N–H and O–H groups in total. The van der Waals surface area contributed by atoms with Crippen molar-refractivity contribution in [1.29, 1.82) is 0 Å². The second-order valence-corrected chi connectivity index (χ2v) is 4.48. The van der Waals surface area contributed by atoms with Crippen LogP contribution in [0.5, 0.6) is 0 Å². The number of ether oxygens (including phenoxy) is 1. The van der Waals surface area contributed by atoms with E-state index in [0.717, 1.165) is 35.2 Å². The third-order valence-corrected chi connectivity index (χ3v) is 3.08. The Balaban J connectivity index is 2.03. The Morgan fingerprint density at radius 2 is 2.16 bits per heavy atom. The van der Waals surface area contributed by atoms with Crippen LogP contribution in [0.15, 0.2) is 24.3 Å². The molecule has 0 aliphatic heterocycles. The first-order valence-corrected chi connectivity index (χ1v) is 6.67. The Bertz CT molecular complexity index is 560. The van der Waals surface area contributed by atoms with Gasteiger partial charge in [-0.05, 0) is 26.3 Å². The molecule has 0 aliphatic rings. The highest BCUT2D eigenvalue weighted by molar-refractivity contribution is 6.08. The molecule has 1 aromatic carbocycles. The number of aryl methyl sites for hydroxylation is 1. The van der Waals surface area contributed by atoms with Gasteiger partial charge in [-0.1, -0.05) is 18.2 Å². The SMILES string of the molecule is CCOCCCNC(=O)c1c(C)[nH]c2ccccc12. The fraction of sp³-hybridized carbons (Fsp3) is 0.400. The van der Waals surface area contributed by atoms with E-state index in [9.17, 15) is 4.79 Å². The zero-order chi connectivity index (χ0) is 13.7. The molecule has 102 valence electrons. The van der Waals surface area contributed by atoms with Crippen molar-refractivity contribution in [3.05, 3.63) is 35.5 Å². The third-order valence-electron chi connectivity index (χ3n) is 3.08. The van der Waals surface area contributed by atoms with Gasteiger partial charge in [-0.25, -0.2) is 0 Å². The number of nitrogens with one attached hydrogen (secondary N) is 2. The quantitative estimate of drug-likeness (QED) is 0.784. The van der Waals surface area contributed by atoms with Crippen LogP contribution in [0.2, 0.25) is 0 Å². The van der Waals surface area contributed by atoms with Crippen LogP contribution in [0, 0.1) is 6.92 Å². The summed E-state index contributed by atoms with van der Waals surface area (Å²) in [6.45, 7) is 5.93. The predicted octanol–water partition coefficient (Wildman–Crippen LogP) is 2.63. The van der Waals surface area contributed by atoms with Crippen LogP contribution in [0.3, 0.4) is 0 Å². The number of benzene rings is 1. The average molecular weight is 260 g/mol. The molecule has 19 heavy (non-hydrogen) atoms. The number of fused-ring (bicyclic) bond motifs is 1. The van der Waals surface area contributed by atoms with Crippen molar-refractivity contribution in [2.45, 2.75) is 20.3 Å². The van der Waals surface area contributed by atoms with E-state index >= 15 is 0 Å². The van der Waals surface area contributed by atoms with Gasteiger partial charge < -0.3 is 15.0 Å². The number of rotatable bonds is 6. The molecule has 2 aromatic rings. The monoisotopic (exact) mass is 260 g/mol. The number of amides is 1. The van der Waals surface area contributed by atoms with E-state index in [0.29, 0.717) is 13.2 Å². The summed E-state index contributed by atoms with van der Waals surface area (Å²) in [4.78, 5) is 15.4. The standard InChI is InChI=1S/C15H20N2O2/c1-3-19-10-6-9-16-15(18)14-11(2)17-13-8-5-4-7-12(13)14/h4-5,7-8,17H,3,6,9-10H2,1-2H3,(H,16,18). The van der Waals surface area contributed by atoms with Crippen LogP contribution in [-0.2, 0) is 4.74 Å². The Hall–Kier alpha value is -1.81. The van der Waals surface area contributed by atoms with Crippen molar-refractivity contribution in [2.24, 2.45) is 0 Å². The molecule has 0 bridgehead atoms. The molecule has 0 atom stereocenters. The Morgan fingerprint density at radius 3 is 2.95 bits per heavy atom. The molecule has 0 radical (unpaired) electrons. The molecule has 0 aliphatic carbocycles. The Morgan fingerprint density at radius 1 is 1.37 bits per heavy atom. The highest BCUT2D eigenvalue weighted by Gasteiger charge is 2.14. The minimum absolute atomic E-state index is 0.0218. The van der Waals surface area contributed by atoms with Crippen LogP contribution >= 0.6 is 0 Å². The summed E-state index contributed by atoms with van der Waals surface area (Å²) in [5.41, 5.74) is 2.65. The first-order valence-electron chi connectivity index (χ1n) is 6.67. The molecule has 4 nitrogen and oxygen atoms in total. The summed E-state index contributed by atoms with van der Waals surface area (Å²) in [7, 11) is 0. The lowest BCUT2D eigenvalue weighted by Crippen LogP contribution is -2.25. The molecule has 1 aromatic heterocycles. The number of H-pyrrole nitrogens is 1. The smallest absolute Gasteiger partial charge is 0.253 e. The first kappa shape index (κ1) is 13.6. The molecular formula is C15H20N2O2. The van der Waals surface area contributed by atoms with E-state index in [1.165, 1.54) is 0 Å². The highest BCUT2D eigenvalue weighted by Crippen LogP contribution is 2.21. The van der Waals surface area contributed by atoms with Crippen molar-refractivity contribution >= 4 is 16.8 Å². The largest absolute Gasteiger partial charge is 0.382 e. The summed E-state index contributed by atoms with van der Waals surface area (Å²) in [6, 6.07) is 7.85. The number of hydrogen-bond donors (Lipinski definition) is 2. The molecule has 1 heterocycles. The van der Waals surface area contributed by atoms with Crippen molar-refractivity contribution in [2.75, 3.05) is 19.8 Å². The van der Waals surface area contributed by atoms with Gasteiger partial charge in [-0.2, -0.15) is 0 Å². The van der Waals surface area contributed by atoms with E-state index in [-0.39, 0.29) is 5.91 Å². The predicted molar refractivity (Wildman–Crippen MR) is 76.5 cm³/mol. The Kier molecular flexibility index (Phi) is 4.58. The molecule has 0 unspecified atom stereocenters.